The molecule has 0 radical (unpaired) electrons. The molecule has 0 atom stereocenters. The van der Waals surface area contributed by atoms with Gasteiger partial charge in [-0.25, -0.2) is 0 Å². The fraction of sp³-hybridized carbons (Fsp3) is 0.385. The summed E-state index contributed by atoms with van der Waals surface area (Å²) in [5.74, 6) is -0.816. The molecule has 1 aromatic carbocycles. The third-order valence-electron chi connectivity index (χ3n) is 2.70. The van der Waals surface area contributed by atoms with Crippen LogP contribution in [0.25, 0.3) is 0 Å². The summed E-state index contributed by atoms with van der Waals surface area (Å²) in [7, 11) is 1.52. The van der Waals surface area contributed by atoms with E-state index >= 15 is 0 Å². The van der Waals surface area contributed by atoms with Crippen molar-refractivity contribution in [1.29, 1.82) is 0 Å². The number of carboxylic acid groups (broad SMARTS) is 1. The molecule has 0 fully saturated rings. The molecule has 0 unspecified atom stereocenters. The van der Waals surface area contributed by atoms with E-state index in [4.69, 9.17) is 9.84 Å². The van der Waals surface area contributed by atoms with E-state index in [1.54, 1.807) is 12.1 Å². The van der Waals surface area contributed by atoms with Crippen LogP contribution >= 0.6 is 31.9 Å². The van der Waals surface area contributed by atoms with Gasteiger partial charge in [0.1, 0.15) is 5.75 Å². The molecule has 5 nitrogen and oxygen atoms in total. The van der Waals surface area contributed by atoms with Gasteiger partial charge in [-0.15, -0.1) is 0 Å². The number of benzene rings is 1. The second kappa shape index (κ2) is 6.58. The molecule has 1 rings (SSSR count). The Balaban J connectivity index is 2.89. The maximum atomic E-state index is 11.9. The third kappa shape index (κ3) is 4.21. The first-order chi connectivity index (χ1) is 9.17. The van der Waals surface area contributed by atoms with Crippen LogP contribution in [0.3, 0.4) is 0 Å². The molecule has 0 aliphatic carbocycles. The number of halogens is 2. The lowest BCUT2D eigenvalue weighted by atomic mass is 9.89. The van der Waals surface area contributed by atoms with E-state index in [2.05, 4.69) is 37.2 Å². The Morgan fingerprint density at radius 3 is 2.40 bits per heavy atom. The summed E-state index contributed by atoms with van der Waals surface area (Å²) in [5.41, 5.74) is -0.591. The molecule has 0 saturated carbocycles. The average molecular weight is 409 g/mol. The highest BCUT2D eigenvalue weighted by Gasteiger charge is 2.30. The predicted molar refractivity (Wildman–Crippen MR) is 83.1 cm³/mol. The van der Waals surface area contributed by atoms with Gasteiger partial charge in [-0.3, -0.25) is 9.59 Å². The molecule has 20 heavy (non-hydrogen) atoms. The molecule has 1 aromatic rings. The molecular weight excluding hydrogens is 394 g/mol. The maximum absolute atomic E-state index is 11.9. The first-order valence-corrected chi connectivity index (χ1v) is 7.32. The molecule has 0 heterocycles. The van der Waals surface area contributed by atoms with E-state index in [1.807, 2.05) is 0 Å². The summed E-state index contributed by atoms with van der Waals surface area (Å²) in [6.45, 7) is 3.01. The third-order valence-corrected chi connectivity index (χ3v) is 3.97. The monoisotopic (exact) mass is 407 g/mol. The minimum absolute atomic E-state index is 0.118. The first kappa shape index (κ1) is 17.0. The fourth-order valence-corrected chi connectivity index (χ4v) is 2.71. The molecule has 0 spiro atoms. The second-order valence-electron chi connectivity index (χ2n) is 4.88. The van der Waals surface area contributed by atoms with E-state index in [0.717, 1.165) is 4.47 Å². The predicted octanol–water partition coefficient (Wildman–Crippen LogP) is 3.66. The van der Waals surface area contributed by atoms with Crippen molar-refractivity contribution in [2.45, 2.75) is 20.3 Å². The molecule has 110 valence electrons. The van der Waals surface area contributed by atoms with Crippen molar-refractivity contribution in [3.8, 4) is 5.75 Å². The summed E-state index contributed by atoms with van der Waals surface area (Å²) in [6, 6.07) is 3.40. The van der Waals surface area contributed by atoms with Crippen molar-refractivity contribution in [2.75, 3.05) is 12.4 Å². The standard InChI is InChI=1S/C13H15Br2NO4/c1-13(2,12(18)19)6-11(17)16-9-5-10(20-3)8(15)4-7(9)14/h4-5H,6H2,1-3H3,(H,16,17)(H,18,19). The van der Waals surface area contributed by atoms with Gasteiger partial charge in [0.15, 0.2) is 0 Å². The van der Waals surface area contributed by atoms with E-state index in [0.29, 0.717) is 15.9 Å². The summed E-state index contributed by atoms with van der Waals surface area (Å²) < 4.78 is 6.57. The van der Waals surface area contributed by atoms with Crippen molar-refractivity contribution in [3.63, 3.8) is 0 Å². The fourth-order valence-electron chi connectivity index (χ4n) is 1.45. The second-order valence-corrected chi connectivity index (χ2v) is 6.59. The van der Waals surface area contributed by atoms with Crippen LogP contribution in [-0.4, -0.2) is 24.1 Å². The van der Waals surface area contributed by atoms with Crippen molar-refractivity contribution in [3.05, 3.63) is 21.1 Å². The van der Waals surface area contributed by atoms with Crippen molar-refractivity contribution in [2.24, 2.45) is 5.41 Å². The van der Waals surface area contributed by atoms with Crippen LogP contribution in [0.5, 0.6) is 5.75 Å². The Labute approximate surface area is 134 Å². The van der Waals surface area contributed by atoms with Crippen LogP contribution in [0.1, 0.15) is 20.3 Å². The topological polar surface area (TPSA) is 75.6 Å². The lowest BCUT2D eigenvalue weighted by molar-refractivity contribution is -0.148. The summed E-state index contributed by atoms with van der Waals surface area (Å²) in [4.78, 5) is 22.9. The van der Waals surface area contributed by atoms with E-state index < -0.39 is 11.4 Å². The van der Waals surface area contributed by atoms with Gasteiger partial charge in [-0.05, 0) is 51.8 Å². The minimum Gasteiger partial charge on any atom is -0.495 e. The Hall–Kier alpha value is -1.08. The van der Waals surface area contributed by atoms with Gasteiger partial charge < -0.3 is 15.2 Å². The Bertz CT molecular complexity index is 543. The van der Waals surface area contributed by atoms with Gasteiger partial charge in [0.25, 0.3) is 0 Å². The van der Waals surface area contributed by atoms with E-state index in [1.165, 1.54) is 21.0 Å². The summed E-state index contributed by atoms with van der Waals surface area (Å²) in [5, 5.41) is 11.7. The zero-order chi connectivity index (χ0) is 15.5. The van der Waals surface area contributed by atoms with Gasteiger partial charge >= 0.3 is 5.97 Å². The van der Waals surface area contributed by atoms with Gasteiger partial charge in [0, 0.05) is 17.0 Å². The molecule has 2 N–H and O–H groups in total. The molecule has 1 amide bonds. The molecule has 0 bridgehead atoms. The van der Waals surface area contributed by atoms with Crippen molar-refractivity contribution >= 4 is 49.4 Å². The number of aliphatic carboxylic acids is 1. The number of ether oxygens (including phenoxy) is 1. The summed E-state index contributed by atoms with van der Waals surface area (Å²) >= 11 is 6.66. The molecule has 0 aromatic heterocycles. The van der Waals surface area contributed by atoms with E-state index in [-0.39, 0.29) is 12.3 Å². The highest BCUT2D eigenvalue weighted by Crippen LogP contribution is 2.35. The zero-order valence-electron chi connectivity index (χ0n) is 11.3. The Morgan fingerprint density at radius 1 is 1.30 bits per heavy atom. The molecule has 0 aliphatic heterocycles. The Morgan fingerprint density at radius 2 is 1.90 bits per heavy atom. The van der Waals surface area contributed by atoms with Gasteiger partial charge in [0.05, 0.1) is 22.7 Å². The van der Waals surface area contributed by atoms with Crippen LogP contribution in [-0.2, 0) is 9.59 Å². The molecule has 0 saturated heterocycles. The van der Waals surface area contributed by atoms with Crippen LogP contribution < -0.4 is 10.1 Å². The maximum Gasteiger partial charge on any atom is 0.309 e. The first-order valence-electron chi connectivity index (χ1n) is 5.73. The van der Waals surface area contributed by atoms with Crippen molar-refractivity contribution in [1.82, 2.24) is 0 Å². The highest BCUT2D eigenvalue weighted by atomic mass is 79.9. The summed E-state index contributed by atoms with van der Waals surface area (Å²) in [6.07, 6.45) is -0.118. The number of hydrogen-bond acceptors (Lipinski definition) is 3. The molecule has 7 heteroatoms. The number of nitrogens with one attached hydrogen (secondary N) is 1. The number of carbonyl (C=O) groups excluding carboxylic acids is 1. The number of anilines is 1. The number of methoxy groups -OCH3 is 1. The SMILES string of the molecule is COc1cc(NC(=O)CC(C)(C)C(=O)O)c(Br)cc1Br. The molecule has 0 aliphatic rings. The normalized spacial score (nSPS) is 11.1. The zero-order valence-corrected chi connectivity index (χ0v) is 14.5. The lowest BCUT2D eigenvalue weighted by Gasteiger charge is -2.19. The number of carbonyl (C=O) groups is 2. The minimum atomic E-state index is -1.12. The Kier molecular flexibility index (Phi) is 5.59. The van der Waals surface area contributed by atoms with Gasteiger partial charge in [-0.2, -0.15) is 0 Å². The number of carboxylic acids is 1. The smallest absolute Gasteiger partial charge is 0.309 e. The van der Waals surface area contributed by atoms with Crippen LogP contribution in [0, 0.1) is 5.41 Å². The highest BCUT2D eigenvalue weighted by molar-refractivity contribution is 9.11. The van der Waals surface area contributed by atoms with Crippen molar-refractivity contribution < 1.29 is 19.4 Å². The van der Waals surface area contributed by atoms with Gasteiger partial charge in [-0.1, -0.05) is 0 Å². The average Bonchev–Trinajstić information content (AvgIpc) is 2.31. The van der Waals surface area contributed by atoms with E-state index in [9.17, 15) is 9.59 Å². The molecular formula is C13H15Br2NO4. The van der Waals surface area contributed by atoms with Gasteiger partial charge in [0.2, 0.25) is 5.91 Å². The number of rotatable bonds is 5. The van der Waals surface area contributed by atoms with Crippen LogP contribution in [0.2, 0.25) is 0 Å². The van der Waals surface area contributed by atoms with Crippen LogP contribution in [0.15, 0.2) is 21.1 Å². The van der Waals surface area contributed by atoms with Crippen LogP contribution in [0.4, 0.5) is 5.69 Å². The number of amides is 1. The quantitative estimate of drug-likeness (QED) is 0.779. The lowest BCUT2D eigenvalue weighted by Crippen LogP contribution is -2.29. The largest absolute Gasteiger partial charge is 0.495 e. The number of hydrogen-bond donors (Lipinski definition) is 2.